The van der Waals surface area contributed by atoms with Gasteiger partial charge in [-0.1, -0.05) is 20.8 Å². The van der Waals surface area contributed by atoms with E-state index in [4.69, 9.17) is 10.7 Å². The van der Waals surface area contributed by atoms with Crippen molar-refractivity contribution in [3.8, 4) is 0 Å². The van der Waals surface area contributed by atoms with Crippen molar-refractivity contribution in [2.45, 2.75) is 40.5 Å². The van der Waals surface area contributed by atoms with Crippen molar-refractivity contribution < 1.29 is 0 Å². The molecule has 6 heteroatoms. The second-order valence-corrected chi connectivity index (χ2v) is 8.31. The van der Waals surface area contributed by atoms with Crippen molar-refractivity contribution in [1.29, 1.82) is 0 Å². The number of nitrogens with two attached hydrogens (primary N) is 1. The number of fused-ring (bicyclic) bond motifs is 3. The van der Waals surface area contributed by atoms with Gasteiger partial charge in [-0.05, 0) is 31.2 Å². The van der Waals surface area contributed by atoms with Gasteiger partial charge in [0.1, 0.15) is 10.3 Å². The normalized spacial score (nSPS) is 12.4. The molecule has 0 aliphatic rings. The molecule has 0 aliphatic heterocycles. The molecule has 0 saturated carbocycles. The first-order chi connectivity index (χ1) is 10.9. The molecule has 0 saturated heterocycles. The summed E-state index contributed by atoms with van der Waals surface area (Å²) >= 11 is 1.83. The maximum absolute atomic E-state index is 5.61. The second kappa shape index (κ2) is 6.09. The van der Waals surface area contributed by atoms with Crippen LogP contribution in [0.1, 0.15) is 37.8 Å². The lowest BCUT2D eigenvalue weighted by atomic mass is 9.90. The van der Waals surface area contributed by atoms with Crippen LogP contribution < -0.4 is 11.1 Å². The van der Waals surface area contributed by atoms with Crippen molar-refractivity contribution in [3.63, 3.8) is 0 Å². The van der Waals surface area contributed by atoms with Gasteiger partial charge in [0.05, 0.1) is 0 Å². The van der Waals surface area contributed by atoms with Gasteiger partial charge in [0.15, 0.2) is 11.5 Å². The van der Waals surface area contributed by atoms with Crippen molar-refractivity contribution in [1.82, 2.24) is 14.4 Å². The van der Waals surface area contributed by atoms with E-state index in [2.05, 4.69) is 48.5 Å². The molecular weight excluding hydrogens is 306 g/mol. The van der Waals surface area contributed by atoms with Gasteiger partial charge in [0.2, 0.25) is 0 Å². The average molecular weight is 331 g/mol. The number of thiophene rings is 1. The van der Waals surface area contributed by atoms with Crippen LogP contribution >= 0.6 is 11.3 Å². The smallest absolute Gasteiger partial charge is 0.181 e. The molecule has 3 N–H and O–H groups in total. The number of aromatic nitrogens is 3. The zero-order valence-corrected chi connectivity index (χ0v) is 15.1. The summed E-state index contributed by atoms with van der Waals surface area (Å²) in [5, 5.41) is 3.29. The molecular formula is C17H25N5S. The lowest BCUT2D eigenvalue weighted by molar-refractivity contribution is 0.379. The quantitative estimate of drug-likeness (QED) is 0.749. The van der Waals surface area contributed by atoms with E-state index in [9.17, 15) is 0 Å². The fourth-order valence-corrected chi connectivity index (χ4v) is 3.78. The highest BCUT2D eigenvalue weighted by Gasteiger charge is 2.16. The Morgan fingerprint density at radius 3 is 2.83 bits per heavy atom. The van der Waals surface area contributed by atoms with Gasteiger partial charge < -0.3 is 11.1 Å². The van der Waals surface area contributed by atoms with E-state index in [0.29, 0.717) is 18.5 Å². The third-order valence-corrected chi connectivity index (χ3v) is 5.06. The number of aryl methyl sites for hydroxylation is 2. The lowest BCUT2D eigenvalue weighted by Crippen LogP contribution is -2.14. The molecule has 23 heavy (non-hydrogen) atoms. The first-order valence-corrected chi connectivity index (χ1v) is 8.91. The van der Waals surface area contributed by atoms with E-state index >= 15 is 0 Å². The third-order valence-electron chi connectivity index (χ3n) is 3.89. The van der Waals surface area contributed by atoms with Gasteiger partial charge in [0, 0.05) is 29.9 Å². The first-order valence-electron chi connectivity index (χ1n) is 8.09. The standard InChI is InChI=1S/C17H25N5S/c1-11-10-20-15-14(19-8-7-18)21-13-9-12(5-6-17(2,3)4)23-16(13)22(11)15/h9-10H,5-8,18H2,1-4H3,(H,19,21). The van der Waals surface area contributed by atoms with E-state index in [1.807, 2.05) is 17.5 Å². The molecule has 3 aromatic heterocycles. The van der Waals surface area contributed by atoms with Crippen LogP contribution in [-0.4, -0.2) is 27.5 Å². The number of nitrogens with one attached hydrogen (secondary N) is 1. The van der Waals surface area contributed by atoms with Gasteiger partial charge in [-0.25, -0.2) is 9.97 Å². The number of anilines is 1. The van der Waals surface area contributed by atoms with Crippen molar-refractivity contribution in [2.24, 2.45) is 11.1 Å². The summed E-state index contributed by atoms with van der Waals surface area (Å²) in [7, 11) is 0. The lowest BCUT2D eigenvalue weighted by Gasteiger charge is -2.16. The molecule has 3 aromatic rings. The summed E-state index contributed by atoms with van der Waals surface area (Å²) in [5.41, 5.74) is 9.00. The van der Waals surface area contributed by atoms with Crippen LogP contribution in [0.5, 0.6) is 0 Å². The molecule has 0 atom stereocenters. The van der Waals surface area contributed by atoms with E-state index in [1.165, 1.54) is 16.1 Å². The molecule has 0 amide bonds. The van der Waals surface area contributed by atoms with Crippen molar-refractivity contribution >= 4 is 33.1 Å². The Balaban J connectivity index is 2.06. The molecule has 3 heterocycles. The van der Waals surface area contributed by atoms with Crippen molar-refractivity contribution in [3.05, 3.63) is 22.8 Å². The van der Waals surface area contributed by atoms with Crippen LogP contribution in [0.4, 0.5) is 5.82 Å². The minimum atomic E-state index is 0.345. The number of hydrogen-bond acceptors (Lipinski definition) is 5. The maximum Gasteiger partial charge on any atom is 0.181 e. The average Bonchev–Trinajstić information content (AvgIpc) is 3.05. The van der Waals surface area contributed by atoms with Crippen LogP contribution in [-0.2, 0) is 6.42 Å². The van der Waals surface area contributed by atoms with E-state index in [0.717, 1.165) is 29.1 Å². The molecule has 0 aromatic carbocycles. The van der Waals surface area contributed by atoms with E-state index < -0.39 is 0 Å². The van der Waals surface area contributed by atoms with Crippen LogP contribution in [0.25, 0.3) is 16.0 Å². The third kappa shape index (κ3) is 3.33. The van der Waals surface area contributed by atoms with E-state index in [-0.39, 0.29) is 0 Å². The van der Waals surface area contributed by atoms with Gasteiger partial charge in [-0.15, -0.1) is 11.3 Å². The van der Waals surface area contributed by atoms with Crippen LogP contribution in [0.2, 0.25) is 0 Å². The van der Waals surface area contributed by atoms with Gasteiger partial charge in [-0.2, -0.15) is 0 Å². The summed E-state index contributed by atoms with van der Waals surface area (Å²) in [4.78, 5) is 11.9. The molecule has 5 nitrogen and oxygen atoms in total. The maximum atomic E-state index is 5.61. The van der Waals surface area contributed by atoms with Gasteiger partial charge in [0.25, 0.3) is 0 Å². The highest BCUT2D eigenvalue weighted by Crippen LogP contribution is 2.31. The monoisotopic (exact) mass is 331 g/mol. The minimum Gasteiger partial charge on any atom is -0.366 e. The number of imidazole rings is 1. The predicted molar refractivity (Wildman–Crippen MR) is 98.4 cm³/mol. The number of rotatable bonds is 5. The van der Waals surface area contributed by atoms with Gasteiger partial charge >= 0.3 is 0 Å². The molecule has 0 bridgehead atoms. The molecule has 0 spiro atoms. The molecule has 124 valence electrons. The Hall–Kier alpha value is -1.66. The van der Waals surface area contributed by atoms with Crippen LogP contribution in [0.15, 0.2) is 12.3 Å². The number of hydrogen-bond donors (Lipinski definition) is 2. The first kappa shape index (κ1) is 16.2. The minimum absolute atomic E-state index is 0.345. The zero-order chi connectivity index (χ0) is 16.6. The predicted octanol–water partition coefficient (Wildman–Crippen LogP) is 3.60. The molecule has 0 aliphatic carbocycles. The number of nitrogens with zero attached hydrogens (tertiary/aromatic N) is 3. The summed E-state index contributed by atoms with van der Waals surface area (Å²) in [6.07, 6.45) is 4.16. The Morgan fingerprint density at radius 1 is 1.35 bits per heavy atom. The molecule has 3 rings (SSSR count). The highest BCUT2D eigenvalue weighted by atomic mass is 32.1. The summed E-state index contributed by atoms with van der Waals surface area (Å²) < 4.78 is 2.20. The highest BCUT2D eigenvalue weighted by molar-refractivity contribution is 7.18. The Morgan fingerprint density at radius 2 is 2.13 bits per heavy atom. The Kier molecular flexibility index (Phi) is 4.29. The topological polar surface area (TPSA) is 68.2 Å². The second-order valence-electron chi connectivity index (χ2n) is 7.20. The molecule has 0 fully saturated rings. The van der Waals surface area contributed by atoms with Crippen molar-refractivity contribution in [2.75, 3.05) is 18.4 Å². The van der Waals surface area contributed by atoms with E-state index in [1.54, 1.807) is 0 Å². The fraction of sp³-hybridized carbons (Fsp3) is 0.529. The summed E-state index contributed by atoms with van der Waals surface area (Å²) in [5.74, 6) is 0.816. The summed E-state index contributed by atoms with van der Waals surface area (Å²) in [6, 6.07) is 2.22. The van der Waals surface area contributed by atoms with Crippen LogP contribution in [0, 0.1) is 12.3 Å². The largest absolute Gasteiger partial charge is 0.366 e. The molecule has 0 radical (unpaired) electrons. The van der Waals surface area contributed by atoms with Gasteiger partial charge in [-0.3, -0.25) is 4.40 Å². The SMILES string of the molecule is Cc1cnc2c(NCCN)nc3cc(CCC(C)(C)C)sc3n12. The Labute approximate surface area is 140 Å². The van der Waals surface area contributed by atoms with Crippen LogP contribution in [0.3, 0.4) is 0 Å². The summed E-state index contributed by atoms with van der Waals surface area (Å²) in [6.45, 7) is 10.2. The zero-order valence-electron chi connectivity index (χ0n) is 14.3. The molecule has 0 unspecified atom stereocenters. The fourth-order valence-electron chi connectivity index (χ4n) is 2.62. The Bertz CT molecular complexity index is 825.